The third-order valence-corrected chi connectivity index (χ3v) is 4.26. The summed E-state index contributed by atoms with van der Waals surface area (Å²) in [5, 5.41) is 3.62. The maximum absolute atomic E-state index is 12.3. The molecule has 2 aromatic rings. The molecule has 2 heterocycles. The molecule has 1 aliphatic rings. The molecule has 106 valence electrons. The van der Waals surface area contributed by atoms with Crippen LogP contribution in [0.5, 0.6) is 0 Å². The maximum atomic E-state index is 12.3. The van der Waals surface area contributed by atoms with Crippen LogP contribution in [0.3, 0.4) is 0 Å². The Kier molecular flexibility index (Phi) is 3.93. The van der Waals surface area contributed by atoms with Crippen molar-refractivity contribution in [2.75, 3.05) is 26.2 Å². The lowest BCUT2D eigenvalue weighted by atomic mass is 10.3. The zero-order valence-corrected chi connectivity index (χ0v) is 12.2. The standard InChI is InChI=1S/C14H17N3O2S/c1-10(13(18)17-8-6-15-7-9-17)20-14-16-11-4-2-3-5-12(11)19-14/h2-5,10,15H,6-9H2,1H3. The topological polar surface area (TPSA) is 58.4 Å². The molecule has 0 saturated carbocycles. The number of hydrogen-bond donors (Lipinski definition) is 1. The van der Waals surface area contributed by atoms with Gasteiger partial charge < -0.3 is 14.6 Å². The first kappa shape index (κ1) is 13.5. The minimum Gasteiger partial charge on any atom is -0.431 e. The quantitative estimate of drug-likeness (QED) is 0.873. The lowest BCUT2D eigenvalue weighted by molar-refractivity contribution is -0.130. The summed E-state index contributed by atoms with van der Waals surface area (Å²) in [6, 6.07) is 7.63. The van der Waals surface area contributed by atoms with Gasteiger partial charge in [-0.2, -0.15) is 0 Å². The van der Waals surface area contributed by atoms with Crippen molar-refractivity contribution in [3.63, 3.8) is 0 Å². The number of benzene rings is 1. The summed E-state index contributed by atoms with van der Waals surface area (Å²) >= 11 is 1.38. The highest BCUT2D eigenvalue weighted by Gasteiger charge is 2.24. The van der Waals surface area contributed by atoms with E-state index in [2.05, 4.69) is 10.3 Å². The van der Waals surface area contributed by atoms with Crippen LogP contribution in [0.1, 0.15) is 6.92 Å². The molecular weight excluding hydrogens is 274 g/mol. The number of rotatable bonds is 3. The predicted octanol–water partition coefficient (Wildman–Crippen LogP) is 1.74. The third-order valence-electron chi connectivity index (χ3n) is 3.33. The van der Waals surface area contributed by atoms with Gasteiger partial charge in [-0.25, -0.2) is 4.98 Å². The van der Waals surface area contributed by atoms with Crippen molar-refractivity contribution in [3.05, 3.63) is 24.3 Å². The van der Waals surface area contributed by atoms with Gasteiger partial charge in [-0.05, 0) is 19.1 Å². The Labute approximate surface area is 121 Å². The van der Waals surface area contributed by atoms with E-state index in [9.17, 15) is 4.79 Å². The monoisotopic (exact) mass is 291 g/mol. The van der Waals surface area contributed by atoms with Gasteiger partial charge in [0.2, 0.25) is 5.91 Å². The molecule has 1 amide bonds. The van der Waals surface area contributed by atoms with Crippen LogP contribution in [0.15, 0.2) is 33.9 Å². The highest BCUT2D eigenvalue weighted by Crippen LogP contribution is 2.27. The van der Waals surface area contributed by atoms with Gasteiger partial charge in [-0.1, -0.05) is 23.9 Å². The number of para-hydroxylation sites is 2. The molecule has 5 nitrogen and oxygen atoms in total. The first-order valence-corrected chi connectivity index (χ1v) is 7.64. The van der Waals surface area contributed by atoms with E-state index in [1.54, 1.807) is 0 Å². The van der Waals surface area contributed by atoms with Crippen LogP contribution in [0, 0.1) is 0 Å². The molecule has 0 aliphatic carbocycles. The Morgan fingerprint density at radius 3 is 2.90 bits per heavy atom. The van der Waals surface area contributed by atoms with Crippen molar-refractivity contribution in [2.45, 2.75) is 17.4 Å². The van der Waals surface area contributed by atoms with Crippen LogP contribution in [0.25, 0.3) is 11.1 Å². The van der Waals surface area contributed by atoms with Crippen molar-refractivity contribution < 1.29 is 9.21 Å². The summed E-state index contributed by atoms with van der Waals surface area (Å²) in [5.41, 5.74) is 1.59. The van der Waals surface area contributed by atoms with Crippen molar-refractivity contribution in [1.29, 1.82) is 0 Å². The highest BCUT2D eigenvalue weighted by molar-refractivity contribution is 8.00. The highest BCUT2D eigenvalue weighted by atomic mass is 32.2. The molecule has 20 heavy (non-hydrogen) atoms. The first-order chi connectivity index (χ1) is 9.74. The Morgan fingerprint density at radius 2 is 2.15 bits per heavy atom. The number of thioether (sulfide) groups is 1. The average molecular weight is 291 g/mol. The molecule has 0 radical (unpaired) electrons. The maximum Gasteiger partial charge on any atom is 0.257 e. The molecule has 1 unspecified atom stereocenters. The summed E-state index contributed by atoms with van der Waals surface area (Å²) in [7, 11) is 0. The van der Waals surface area contributed by atoms with Crippen LogP contribution in [-0.2, 0) is 4.79 Å². The van der Waals surface area contributed by atoms with Gasteiger partial charge in [-0.3, -0.25) is 4.79 Å². The van der Waals surface area contributed by atoms with Crippen LogP contribution in [0.4, 0.5) is 0 Å². The van der Waals surface area contributed by atoms with Gasteiger partial charge >= 0.3 is 0 Å². The minimum absolute atomic E-state index is 0.152. The number of amides is 1. The van der Waals surface area contributed by atoms with Crippen LogP contribution >= 0.6 is 11.8 Å². The molecule has 0 spiro atoms. The molecule has 1 aliphatic heterocycles. The summed E-state index contributed by atoms with van der Waals surface area (Å²) in [5.74, 6) is 0.152. The van der Waals surface area contributed by atoms with E-state index in [0.29, 0.717) is 5.22 Å². The summed E-state index contributed by atoms with van der Waals surface area (Å²) in [4.78, 5) is 18.6. The number of fused-ring (bicyclic) bond motifs is 1. The second-order valence-electron chi connectivity index (χ2n) is 4.78. The van der Waals surface area contributed by atoms with Crippen molar-refractivity contribution >= 4 is 28.8 Å². The largest absolute Gasteiger partial charge is 0.431 e. The normalized spacial score (nSPS) is 17.4. The summed E-state index contributed by atoms with van der Waals surface area (Å²) < 4.78 is 5.64. The van der Waals surface area contributed by atoms with Gasteiger partial charge in [0.1, 0.15) is 5.52 Å². The fourth-order valence-corrected chi connectivity index (χ4v) is 3.09. The number of oxazole rings is 1. The SMILES string of the molecule is CC(Sc1nc2ccccc2o1)C(=O)N1CCNCC1. The lowest BCUT2D eigenvalue weighted by Crippen LogP contribution is -2.48. The smallest absolute Gasteiger partial charge is 0.257 e. The predicted molar refractivity (Wildman–Crippen MR) is 78.8 cm³/mol. The Morgan fingerprint density at radius 1 is 1.40 bits per heavy atom. The second kappa shape index (κ2) is 5.85. The molecule has 3 rings (SSSR count). The zero-order chi connectivity index (χ0) is 13.9. The van der Waals surface area contributed by atoms with E-state index in [1.807, 2.05) is 36.1 Å². The number of carbonyl (C=O) groups is 1. The second-order valence-corrected chi connectivity index (χ2v) is 6.07. The lowest BCUT2D eigenvalue weighted by Gasteiger charge is -2.29. The van der Waals surface area contributed by atoms with E-state index >= 15 is 0 Å². The van der Waals surface area contributed by atoms with Gasteiger partial charge in [0.25, 0.3) is 5.22 Å². The number of hydrogen-bond acceptors (Lipinski definition) is 5. The van der Waals surface area contributed by atoms with E-state index < -0.39 is 0 Å². The summed E-state index contributed by atoms with van der Waals surface area (Å²) in [6.45, 7) is 5.19. The molecule has 1 fully saturated rings. The number of nitrogens with zero attached hydrogens (tertiary/aromatic N) is 2. The van der Waals surface area contributed by atoms with Crippen LogP contribution in [0.2, 0.25) is 0 Å². The van der Waals surface area contributed by atoms with Crippen molar-refractivity contribution in [3.8, 4) is 0 Å². The van der Waals surface area contributed by atoms with Gasteiger partial charge in [0.05, 0.1) is 5.25 Å². The fourth-order valence-electron chi connectivity index (χ4n) is 2.25. The number of carbonyl (C=O) groups excluding carboxylic acids is 1. The molecule has 6 heteroatoms. The number of nitrogens with one attached hydrogen (secondary N) is 1. The molecule has 1 N–H and O–H groups in total. The van der Waals surface area contributed by atoms with Gasteiger partial charge in [-0.15, -0.1) is 0 Å². The molecule has 1 atom stereocenters. The molecule has 0 bridgehead atoms. The average Bonchev–Trinajstić information content (AvgIpc) is 2.89. The summed E-state index contributed by atoms with van der Waals surface area (Å²) in [6.07, 6.45) is 0. The molecule has 1 saturated heterocycles. The van der Waals surface area contributed by atoms with Gasteiger partial charge in [0.15, 0.2) is 5.58 Å². The molecule has 1 aromatic carbocycles. The van der Waals surface area contributed by atoms with E-state index in [4.69, 9.17) is 4.42 Å². The fraction of sp³-hybridized carbons (Fsp3) is 0.429. The van der Waals surface area contributed by atoms with E-state index in [1.165, 1.54) is 11.8 Å². The van der Waals surface area contributed by atoms with Crippen LogP contribution in [-0.4, -0.2) is 47.2 Å². The third kappa shape index (κ3) is 2.81. The Hall–Kier alpha value is -1.53. The van der Waals surface area contributed by atoms with Crippen molar-refractivity contribution in [2.24, 2.45) is 0 Å². The Balaban J connectivity index is 1.68. The Bertz CT molecular complexity index is 574. The number of aromatic nitrogens is 1. The van der Waals surface area contributed by atoms with Crippen molar-refractivity contribution in [1.82, 2.24) is 15.2 Å². The molecular formula is C14H17N3O2S. The van der Waals surface area contributed by atoms with Gasteiger partial charge in [0, 0.05) is 26.2 Å². The van der Waals surface area contributed by atoms with Crippen LogP contribution < -0.4 is 5.32 Å². The zero-order valence-electron chi connectivity index (χ0n) is 11.3. The number of piperazine rings is 1. The van der Waals surface area contributed by atoms with E-state index in [-0.39, 0.29) is 11.2 Å². The minimum atomic E-state index is -0.179. The molecule has 1 aromatic heterocycles. The van der Waals surface area contributed by atoms with E-state index in [0.717, 1.165) is 37.3 Å². The first-order valence-electron chi connectivity index (χ1n) is 6.76.